The lowest BCUT2D eigenvalue weighted by Crippen LogP contribution is -2.24. The molecule has 1 amide bonds. The Labute approximate surface area is 103 Å². The zero-order chi connectivity index (χ0) is 12.8. The summed E-state index contributed by atoms with van der Waals surface area (Å²) in [5.74, 6) is 0.139. The first-order valence-corrected chi connectivity index (χ1v) is 5.76. The Balaban J connectivity index is 2.63. The van der Waals surface area contributed by atoms with Crippen LogP contribution in [0.1, 0.15) is 25.0 Å². The first-order valence-electron chi connectivity index (χ1n) is 5.76. The van der Waals surface area contributed by atoms with Crippen LogP contribution in [0.2, 0.25) is 0 Å². The molecule has 1 aromatic carbocycles. The van der Waals surface area contributed by atoms with Crippen LogP contribution < -0.4 is 0 Å². The summed E-state index contributed by atoms with van der Waals surface area (Å²) < 4.78 is 0. The van der Waals surface area contributed by atoms with Crippen LogP contribution >= 0.6 is 0 Å². The highest BCUT2D eigenvalue weighted by molar-refractivity contribution is 5.90. The Hall–Kier alpha value is -1.82. The van der Waals surface area contributed by atoms with Crippen molar-refractivity contribution in [1.82, 2.24) is 4.90 Å². The molecule has 0 aromatic heterocycles. The highest BCUT2D eigenvalue weighted by Crippen LogP contribution is 2.11. The normalized spacial score (nSPS) is 10.1. The molecule has 1 rings (SSSR count). The Morgan fingerprint density at radius 2 is 1.82 bits per heavy atom. The number of carbonyl (C=O) groups excluding carboxylic acids is 1. The van der Waals surface area contributed by atoms with E-state index in [-0.39, 0.29) is 0 Å². The van der Waals surface area contributed by atoms with Crippen molar-refractivity contribution in [3.05, 3.63) is 35.4 Å². The van der Waals surface area contributed by atoms with Crippen molar-refractivity contribution in [2.75, 3.05) is 7.05 Å². The number of nitrogens with zero attached hydrogens (tertiary/aromatic N) is 2. The van der Waals surface area contributed by atoms with Crippen LogP contribution in [0.25, 0.3) is 0 Å². The lowest BCUT2D eigenvalue weighted by molar-refractivity contribution is -0.124. The zero-order valence-electron chi connectivity index (χ0n) is 10.6. The van der Waals surface area contributed by atoms with Gasteiger partial charge >= 0.3 is 5.91 Å². The van der Waals surface area contributed by atoms with Crippen molar-refractivity contribution in [3.63, 3.8) is 0 Å². The van der Waals surface area contributed by atoms with Gasteiger partial charge in [-0.05, 0) is 23.5 Å². The van der Waals surface area contributed by atoms with E-state index in [1.807, 2.05) is 12.1 Å². The smallest absolute Gasteiger partial charge is 0.325 e. The van der Waals surface area contributed by atoms with E-state index in [4.69, 9.17) is 5.26 Å². The summed E-state index contributed by atoms with van der Waals surface area (Å²) >= 11 is 0. The zero-order valence-corrected chi connectivity index (χ0v) is 10.6. The van der Waals surface area contributed by atoms with Crippen LogP contribution in [0.5, 0.6) is 0 Å². The van der Waals surface area contributed by atoms with Crippen LogP contribution in [0.15, 0.2) is 24.3 Å². The summed E-state index contributed by atoms with van der Waals surface area (Å²) in [6, 6.07) is 9.80. The summed E-state index contributed by atoms with van der Waals surface area (Å²) in [6.45, 7) is 4.86. The van der Waals surface area contributed by atoms with Crippen LogP contribution in [-0.2, 0) is 17.8 Å². The minimum absolute atomic E-state index is 0.481. The number of carbonyl (C=O) groups is 1. The summed E-state index contributed by atoms with van der Waals surface area (Å²) in [5, 5.41) is 8.49. The molecular formula is C14H18N2O. The third-order valence-electron chi connectivity index (χ3n) is 2.53. The Morgan fingerprint density at radius 3 is 2.29 bits per heavy atom. The number of benzene rings is 1. The average Bonchev–Trinajstić information content (AvgIpc) is 2.30. The Kier molecular flexibility index (Phi) is 4.71. The SMILES string of the molecule is CC(C)Cc1ccc(CN(C)C(=O)C#N)cc1. The summed E-state index contributed by atoms with van der Waals surface area (Å²) in [6.07, 6.45) is 1.06. The van der Waals surface area contributed by atoms with Crippen LogP contribution in [0, 0.1) is 17.2 Å². The second kappa shape index (κ2) is 6.05. The number of amides is 1. The van der Waals surface area contributed by atoms with Gasteiger partial charge in [-0.1, -0.05) is 38.1 Å². The molecule has 1 aromatic rings. The van der Waals surface area contributed by atoms with Crippen molar-refractivity contribution in [2.45, 2.75) is 26.8 Å². The van der Waals surface area contributed by atoms with E-state index in [1.165, 1.54) is 10.5 Å². The maximum Gasteiger partial charge on any atom is 0.325 e. The maximum absolute atomic E-state index is 11.1. The van der Waals surface area contributed by atoms with Gasteiger partial charge in [0.25, 0.3) is 0 Å². The van der Waals surface area contributed by atoms with Gasteiger partial charge in [-0.3, -0.25) is 4.79 Å². The molecule has 0 bridgehead atoms. The van der Waals surface area contributed by atoms with Crippen molar-refractivity contribution >= 4 is 5.91 Å². The molecule has 0 N–H and O–H groups in total. The largest absolute Gasteiger partial charge is 0.329 e. The topological polar surface area (TPSA) is 44.1 Å². The Morgan fingerprint density at radius 1 is 1.29 bits per heavy atom. The molecule has 0 saturated heterocycles. The molecule has 0 spiro atoms. The molecule has 0 radical (unpaired) electrons. The quantitative estimate of drug-likeness (QED) is 0.745. The molecule has 0 aliphatic rings. The molecule has 0 aliphatic heterocycles. The second-order valence-electron chi connectivity index (χ2n) is 4.69. The number of nitriles is 1. The van der Waals surface area contributed by atoms with Gasteiger partial charge in [0.1, 0.15) is 0 Å². The lowest BCUT2D eigenvalue weighted by atomic mass is 10.0. The van der Waals surface area contributed by atoms with Gasteiger partial charge in [0.2, 0.25) is 0 Å². The fourth-order valence-corrected chi connectivity index (χ4v) is 1.68. The number of hydrogen-bond donors (Lipinski definition) is 0. The molecule has 0 atom stereocenters. The fourth-order valence-electron chi connectivity index (χ4n) is 1.68. The van der Waals surface area contributed by atoms with Crippen LogP contribution in [0.4, 0.5) is 0 Å². The van der Waals surface area contributed by atoms with Crippen molar-refractivity contribution in [2.24, 2.45) is 5.92 Å². The first kappa shape index (κ1) is 13.2. The fraction of sp³-hybridized carbons (Fsp3) is 0.429. The van der Waals surface area contributed by atoms with E-state index in [9.17, 15) is 4.79 Å². The van der Waals surface area contributed by atoms with Gasteiger partial charge in [0, 0.05) is 13.6 Å². The average molecular weight is 230 g/mol. The van der Waals surface area contributed by atoms with E-state index >= 15 is 0 Å². The minimum Gasteiger partial charge on any atom is -0.329 e. The van der Waals surface area contributed by atoms with Crippen molar-refractivity contribution in [3.8, 4) is 6.07 Å². The second-order valence-corrected chi connectivity index (χ2v) is 4.69. The molecule has 0 fully saturated rings. The van der Waals surface area contributed by atoms with Crippen LogP contribution in [-0.4, -0.2) is 17.9 Å². The molecule has 0 unspecified atom stereocenters. The minimum atomic E-state index is -0.503. The molecule has 90 valence electrons. The van der Waals surface area contributed by atoms with E-state index in [2.05, 4.69) is 26.0 Å². The van der Waals surface area contributed by atoms with E-state index in [1.54, 1.807) is 13.1 Å². The monoisotopic (exact) mass is 230 g/mol. The number of rotatable bonds is 4. The summed E-state index contributed by atoms with van der Waals surface area (Å²) in [7, 11) is 1.63. The van der Waals surface area contributed by atoms with E-state index in [0.29, 0.717) is 12.5 Å². The van der Waals surface area contributed by atoms with Gasteiger partial charge in [0.05, 0.1) is 0 Å². The van der Waals surface area contributed by atoms with E-state index in [0.717, 1.165) is 12.0 Å². The maximum atomic E-state index is 11.1. The molecule has 3 heteroatoms. The highest BCUT2D eigenvalue weighted by Gasteiger charge is 2.07. The van der Waals surface area contributed by atoms with Crippen LogP contribution in [0.3, 0.4) is 0 Å². The third-order valence-corrected chi connectivity index (χ3v) is 2.53. The van der Waals surface area contributed by atoms with Gasteiger partial charge in [-0.25, -0.2) is 0 Å². The molecule has 0 saturated carbocycles. The van der Waals surface area contributed by atoms with Gasteiger partial charge in [0.15, 0.2) is 6.07 Å². The third kappa shape index (κ3) is 4.28. The molecule has 0 heterocycles. The standard InChI is InChI=1S/C14H18N2O/c1-11(2)8-12-4-6-13(7-5-12)10-16(3)14(17)9-15/h4-7,11H,8,10H2,1-3H3. The van der Waals surface area contributed by atoms with Gasteiger partial charge < -0.3 is 4.90 Å². The predicted molar refractivity (Wildman–Crippen MR) is 67.1 cm³/mol. The first-order chi connectivity index (χ1) is 8.02. The van der Waals surface area contributed by atoms with E-state index < -0.39 is 5.91 Å². The summed E-state index contributed by atoms with van der Waals surface area (Å²) in [5.41, 5.74) is 2.35. The highest BCUT2D eigenvalue weighted by atomic mass is 16.2. The molecular weight excluding hydrogens is 212 g/mol. The Bertz CT molecular complexity index is 415. The lowest BCUT2D eigenvalue weighted by Gasteiger charge is -2.13. The van der Waals surface area contributed by atoms with Gasteiger partial charge in [-0.2, -0.15) is 5.26 Å². The number of hydrogen-bond acceptors (Lipinski definition) is 2. The van der Waals surface area contributed by atoms with Crippen molar-refractivity contribution in [1.29, 1.82) is 5.26 Å². The van der Waals surface area contributed by atoms with Gasteiger partial charge in [-0.15, -0.1) is 0 Å². The van der Waals surface area contributed by atoms with Crippen molar-refractivity contribution < 1.29 is 4.79 Å². The summed E-state index contributed by atoms with van der Waals surface area (Å²) in [4.78, 5) is 12.5. The molecule has 17 heavy (non-hydrogen) atoms. The molecule has 3 nitrogen and oxygen atoms in total. The molecule has 0 aliphatic carbocycles. The predicted octanol–water partition coefficient (Wildman–Crippen LogP) is 2.37.